The molecular formula is C15H15BrN4. The number of rotatable bonds is 3. The SMILES string of the molecule is Cc1ccccc1C(C)Nc1nc2ccc(Br)cn2n1. The van der Waals surface area contributed by atoms with Gasteiger partial charge in [0.25, 0.3) is 0 Å². The Kier molecular flexibility index (Phi) is 3.44. The average molecular weight is 331 g/mol. The molecule has 0 bridgehead atoms. The van der Waals surface area contributed by atoms with E-state index in [0.717, 1.165) is 10.1 Å². The summed E-state index contributed by atoms with van der Waals surface area (Å²) in [7, 11) is 0. The van der Waals surface area contributed by atoms with Gasteiger partial charge in [-0.3, -0.25) is 0 Å². The molecule has 2 aromatic heterocycles. The Hall–Kier alpha value is -1.88. The lowest BCUT2D eigenvalue weighted by Gasteiger charge is -2.14. The molecule has 3 aromatic rings. The summed E-state index contributed by atoms with van der Waals surface area (Å²) in [6.07, 6.45) is 1.89. The van der Waals surface area contributed by atoms with Gasteiger partial charge in [0.05, 0.1) is 6.04 Å². The van der Waals surface area contributed by atoms with Gasteiger partial charge in [-0.1, -0.05) is 24.3 Å². The zero-order chi connectivity index (χ0) is 14.1. The van der Waals surface area contributed by atoms with Crippen LogP contribution in [0.3, 0.4) is 0 Å². The fourth-order valence-electron chi connectivity index (χ4n) is 2.26. The fraction of sp³-hybridized carbons (Fsp3) is 0.200. The molecule has 5 heteroatoms. The Balaban J connectivity index is 1.87. The lowest BCUT2D eigenvalue weighted by molar-refractivity contribution is 0.845. The van der Waals surface area contributed by atoms with Gasteiger partial charge in [-0.05, 0) is 53.0 Å². The number of anilines is 1. The minimum absolute atomic E-state index is 0.164. The number of nitrogens with zero attached hydrogens (tertiary/aromatic N) is 3. The van der Waals surface area contributed by atoms with Crippen LogP contribution >= 0.6 is 15.9 Å². The first-order chi connectivity index (χ1) is 9.63. The molecule has 0 aliphatic carbocycles. The molecule has 2 heterocycles. The van der Waals surface area contributed by atoms with Gasteiger partial charge in [-0.25, -0.2) is 4.52 Å². The van der Waals surface area contributed by atoms with Gasteiger partial charge >= 0.3 is 0 Å². The number of pyridine rings is 1. The summed E-state index contributed by atoms with van der Waals surface area (Å²) in [5, 5.41) is 7.78. The topological polar surface area (TPSA) is 42.2 Å². The minimum Gasteiger partial charge on any atom is -0.346 e. The molecular weight excluding hydrogens is 316 g/mol. The molecule has 4 nitrogen and oxygen atoms in total. The Morgan fingerprint density at radius 3 is 2.80 bits per heavy atom. The Morgan fingerprint density at radius 2 is 2.00 bits per heavy atom. The van der Waals surface area contributed by atoms with Gasteiger partial charge in [0.1, 0.15) is 0 Å². The van der Waals surface area contributed by atoms with Crippen molar-refractivity contribution < 1.29 is 0 Å². The van der Waals surface area contributed by atoms with E-state index < -0.39 is 0 Å². The van der Waals surface area contributed by atoms with Crippen molar-refractivity contribution in [1.29, 1.82) is 0 Å². The second-order valence-electron chi connectivity index (χ2n) is 4.81. The largest absolute Gasteiger partial charge is 0.346 e. The van der Waals surface area contributed by atoms with Crippen LogP contribution in [0.5, 0.6) is 0 Å². The number of hydrogen-bond acceptors (Lipinski definition) is 3. The average Bonchev–Trinajstić information content (AvgIpc) is 2.80. The summed E-state index contributed by atoms with van der Waals surface area (Å²) in [5.74, 6) is 0.638. The molecule has 0 saturated carbocycles. The summed E-state index contributed by atoms with van der Waals surface area (Å²) in [4.78, 5) is 4.47. The number of hydrogen-bond donors (Lipinski definition) is 1. The third-order valence-corrected chi connectivity index (χ3v) is 3.76. The second kappa shape index (κ2) is 5.25. The number of aryl methyl sites for hydroxylation is 1. The van der Waals surface area contributed by atoms with Crippen molar-refractivity contribution >= 4 is 27.5 Å². The third kappa shape index (κ3) is 2.54. The maximum absolute atomic E-state index is 4.47. The van der Waals surface area contributed by atoms with Crippen molar-refractivity contribution in [3.05, 3.63) is 58.2 Å². The van der Waals surface area contributed by atoms with Crippen LogP contribution in [0.2, 0.25) is 0 Å². The molecule has 3 rings (SSSR count). The Bertz CT molecular complexity index is 750. The van der Waals surface area contributed by atoms with Crippen LogP contribution < -0.4 is 5.32 Å². The Labute approximate surface area is 126 Å². The monoisotopic (exact) mass is 330 g/mol. The van der Waals surface area contributed by atoms with Crippen molar-refractivity contribution in [3.63, 3.8) is 0 Å². The predicted molar refractivity (Wildman–Crippen MR) is 83.9 cm³/mol. The highest BCUT2D eigenvalue weighted by Gasteiger charge is 2.11. The van der Waals surface area contributed by atoms with E-state index in [-0.39, 0.29) is 6.04 Å². The minimum atomic E-state index is 0.164. The van der Waals surface area contributed by atoms with Gasteiger partial charge in [0, 0.05) is 10.7 Å². The molecule has 1 N–H and O–H groups in total. The number of nitrogens with one attached hydrogen (secondary N) is 1. The molecule has 0 saturated heterocycles. The lowest BCUT2D eigenvalue weighted by atomic mass is 10.0. The first-order valence-corrected chi connectivity index (χ1v) is 7.27. The van der Waals surface area contributed by atoms with Gasteiger partial charge in [0.15, 0.2) is 5.65 Å². The molecule has 0 fully saturated rings. The lowest BCUT2D eigenvalue weighted by Crippen LogP contribution is -2.09. The molecule has 0 amide bonds. The molecule has 0 aliphatic heterocycles. The van der Waals surface area contributed by atoms with Gasteiger partial charge in [-0.15, -0.1) is 5.10 Å². The zero-order valence-corrected chi connectivity index (χ0v) is 12.9. The summed E-state index contributed by atoms with van der Waals surface area (Å²) < 4.78 is 2.74. The number of halogens is 1. The van der Waals surface area contributed by atoms with Crippen molar-refractivity contribution in [2.45, 2.75) is 19.9 Å². The number of aromatic nitrogens is 3. The maximum atomic E-state index is 4.47. The highest BCUT2D eigenvalue weighted by atomic mass is 79.9. The molecule has 20 heavy (non-hydrogen) atoms. The molecule has 1 atom stereocenters. The van der Waals surface area contributed by atoms with Crippen LogP contribution in [0, 0.1) is 6.92 Å². The van der Waals surface area contributed by atoms with E-state index in [1.807, 2.05) is 24.4 Å². The van der Waals surface area contributed by atoms with Crippen molar-refractivity contribution in [3.8, 4) is 0 Å². The Morgan fingerprint density at radius 1 is 1.20 bits per heavy atom. The molecule has 1 unspecified atom stereocenters. The first-order valence-electron chi connectivity index (χ1n) is 6.47. The molecule has 102 valence electrons. The van der Waals surface area contributed by atoms with Crippen LogP contribution in [0.1, 0.15) is 24.1 Å². The first kappa shape index (κ1) is 13.1. The molecule has 0 spiro atoms. The highest BCUT2D eigenvalue weighted by molar-refractivity contribution is 9.10. The van der Waals surface area contributed by atoms with E-state index in [0.29, 0.717) is 5.95 Å². The summed E-state index contributed by atoms with van der Waals surface area (Å²) >= 11 is 3.43. The number of fused-ring (bicyclic) bond motifs is 1. The van der Waals surface area contributed by atoms with Crippen LogP contribution in [0.4, 0.5) is 5.95 Å². The summed E-state index contributed by atoms with van der Waals surface area (Å²) in [6.45, 7) is 4.23. The van der Waals surface area contributed by atoms with E-state index in [4.69, 9.17) is 0 Å². The molecule has 1 aromatic carbocycles. The predicted octanol–water partition coefficient (Wildman–Crippen LogP) is 3.97. The fourth-order valence-corrected chi connectivity index (χ4v) is 2.59. The van der Waals surface area contributed by atoms with Crippen LogP contribution in [0.15, 0.2) is 47.1 Å². The summed E-state index contributed by atoms with van der Waals surface area (Å²) in [5.41, 5.74) is 3.35. The van der Waals surface area contributed by atoms with Crippen LogP contribution in [0.25, 0.3) is 5.65 Å². The van der Waals surface area contributed by atoms with E-state index >= 15 is 0 Å². The third-order valence-electron chi connectivity index (χ3n) is 3.30. The van der Waals surface area contributed by atoms with E-state index in [1.54, 1.807) is 4.52 Å². The second-order valence-corrected chi connectivity index (χ2v) is 5.72. The number of benzene rings is 1. The van der Waals surface area contributed by atoms with Gasteiger partial charge in [0.2, 0.25) is 5.95 Å². The standard InChI is InChI=1S/C15H15BrN4/c1-10-5-3-4-6-13(10)11(2)17-15-18-14-8-7-12(16)9-20(14)19-15/h3-9,11H,1-2H3,(H,17,19). The van der Waals surface area contributed by atoms with E-state index in [2.05, 4.69) is 63.4 Å². The molecule has 0 aliphatic rings. The van der Waals surface area contributed by atoms with Crippen molar-refractivity contribution in [2.24, 2.45) is 0 Å². The van der Waals surface area contributed by atoms with Gasteiger partial charge in [-0.2, -0.15) is 4.98 Å². The highest BCUT2D eigenvalue weighted by Crippen LogP contribution is 2.21. The van der Waals surface area contributed by atoms with Crippen LogP contribution in [-0.4, -0.2) is 14.6 Å². The maximum Gasteiger partial charge on any atom is 0.243 e. The van der Waals surface area contributed by atoms with Crippen molar-refractivity contribution in [2.75, 3.05) is 5.32 Å². The van der Waals surface area contributed by atoms with E-state index in [9.17, 15) is 0 Å². The van der Waals surface area contributed by atoms with Gasteiger partial charge < -0.3 is 5.32 Å². The van der Waals surface area contributed by atoms with Crippen molar-refractivity contribution in [1.82, 2.24) is 14.6 Å². The summed E-state index contributed by atoms with van der Waals surface area (Å²) in [6, 6.07) is 12.4. The smallest absolute Gasteiger partial charge is 0.243 e. The molecule has 0 radical (unpaired) electrons. The van der Waals surface area contributed by atoms with E-state index in [1.165, 1.54) is 11.1 Å². The quantitative estimate of drug-likeness (QED) is 0.789. The van der Waals surface area contributed by atoms with Crippen LogP contribution in [-0.2, 0) is 0 Å². The zero-order valence-electron chi connectivity index (χ0n) is 11.3. The normalized spacial score (nSPS) is 12.6.